The second-order valence-corrected chi connectivity index (χ2v) is 5.77. The molecule has 2 aromatic rings. The van der Waals surface area contributed by atoms with Crippen molar-refractivity contribution >= 4 is 11.6 Å². The van der Waals surface area contributed by atoms with Gasteiger partial charge in [0.05, 0.1) is 6.54 Å². The fraction of sp³-hybridized carbons (Fsp3) is 0.467. The van der Waals surface area contributed by atoms with Gasteiger partial charge in [0.15, 0.2) is 0 Å². The zero-order chi connectivity index (χ0) is 16.1. The third-order valence-corrected chi connectivity index (χ3v) is 3.62. The number of aliphatic hydroxyl groups is 1. The quantitative estimate of drug-likeness (QED) is 0.839. The summed E-state index contributed by atoms with van der Waals surface area (Å²) in [7, 11) is 3.86. The topological polar surface area (TPSA) is 63.4 Å². The molecule has 1 atom stereocenters. The van der Waals surface area contributed by atoms with Crippen LogP contribution in [0.5, 0.6) is 5.75 Å². The Hall–Kier alpha value is -1.63. The second kappa shape index (κ2) is 7.58. The SMILES string of the molecule is Cc1nnc(CN(C)CC(O)COc2ccc(Cl)cc2)n1C. The molecule has 1 unspecified atom stereocenters. The molecule has 1 N–H and O–H groups in total. The average Bonchev–Trinajstić information content (AvgIpc) is 2.78. The van der Waals surface area contributed by atoms with E-state index in [9.17, 15) is 5.11 Å². The summed E-state index contributed by atoms with van der Waals surface area (Å²) in [5, 5.41) is 18.8. The molecule has 0 aliphatic rings. The molecule has 0 saturated heterocycles. The smallest absolute Gasteiger partial charge is 0.146 e. The molecular formula is C15H21ClN4O2. The van der Waals surface area contributed by atoms with Crippen molar-refractivity contribution in [2.45, 2.75) is 19.6 Å². The van der Waals surface area contributed by atoms with E-state index in [-0.39, 0.29) is 6.61 Å². The molecule has 120 valence electrons. The lowest BCUT2D eigenvalue weighted by Gasteiger charge is -2.20. The van der Waals surface area contributed by atoms with Crippen molar-refractivity contribution in [3.63, 3.8) is 0 Å². The Balaban J connectivity index is 1.77. The zero-order valence-electron chi connectivity index (χ0n) is 13.0. The van der Waals surface area contributed by atoms with E-state index in [0.29, 0.717) is 23.9 Å². The standard InChI is InChI=1S/C15H21ClN4O2/c1-11-17-18-15(20(11)3)9-19(2)8-13(21)10-22-14-6-4-12(16)5-7-14/h4-7,13,21H,8-10H2,1-3H3. The first-order valence-electron chi connectivity index (χ1n) is 7.05. The third kappa shape index (κ3) is 4.69. The first-order chi connectivity index (χ1) is 10.5. The number of ether oxygens (including phenoxy) is 1. The first kappa shape index (κ1) is 16.7. The van der Waals surface area contributed by atoms with Gasteiger partial charge in [-0.15, -0.1) is 10.2 Å². The van der Waals surface area contributed by atoms with Crippen LogP contribution in [-0.2, 0) is 13.6 Å². The molecular weight excluding hydrogens is 304 g/mol. The number of nitrogens with zero attached hydrogens (tertiary/aromatic N) is 4. The van der Waals surface area contributed by atoms with Crippen molar-refractivity contribution in [1.82, 2.24) is 19.7 Å². The van der Waals surface area contributed by atoms with E-state index < -0.39 is 6.10 Å². The maximum absolute atomic E-state index is 10.1. The molecule has 1 aromatic heterocycles. The molecule has 22 heavy (non-hydrogen) atoms. The Bertz CT molecular complexity index is 600. The summed E-state index contributed by atoms with van der Waals surface area (Å²) in [6.07, 6.45) is -0.588. The van der Waals surface area contributed by atoms with Crippen LogP contribution >= 0.6 is 11.6 Å². The van der Waals surface area contributed by atoms with E-state index in [1.54, 1.807) is 24.3 Å². The van der Waals surface area contributed by atoms with Gasteiger partial charge < -0.3 is 14.4 Å². The van der Waals surface area contributed by atoms with Crippen LogP contribution in [-0.4, -0.2) is 51.1 Å². The third-order valence-electron chi connectivity index (χ3n) is 3.37. The van der Waals surface area contributed by atoms with Gasteiger partial charge in [-0.1, -0.05) is 11.6 Å². The van der Waals surface area contributed by atoms with E-state index >= 15 is 0 Å². The molecule has 0 radical (unpaired) electrons. The number of likely N-dealkylation sites (N-methyl/N-ethyl adjacent to an activating group) is 1. The summed E-state index contributed by atoms with van der Waals surface area (Å²) in [5.41, 5.74) is 0. The number of aliphatic hydroxyl groups excluding tert-OH is 1. The Morgan fingerprint density at radius 3 is 2.59 bits per heavy atom. The highest BCUT2D eigenvalue weighted by molar-refractivity contribution is 6.30. The molecule has 0 bridgehead atoms. The van der Waals surface area contributed by atoms with Gasteiger partial charge in [0.25, 0.3) is 0 Å². The molecule has 1 aromatic carbocycles. The minimum Gasteiger partial charge on any atom is -0.491 e. The fourth-order valence-corrected chi connectivity index (χ4v) is 2.16. The number of benzene rings is 1. The predicted octanol–water partition coefficient (Wildman–Crippen LogP) is 1.65. The van der Waals surface area contributed by atoms with Crippen LogP contribution in [0.3, 0.4) is 0 Å². The van der Waals surface area contributed by atoms with Crippen molar-refractivity contribution in [1.29, 1.82) is 0 Å². The van der Waals surface area contributed by atoms with Gasteiger partial charge in [0.2, 0.25) is 0 Å². The Morgan fingerprint density at radius 2 is 2.00 bits per heavy atom. The molecule has 0 spiro atoms. The van der Waals surface area contributed by atoms with Gasteiger partial charge in [-0.05, 0) is 38.2 Å². The summed E-state index contributed by atoms with van der Waals surface area (Å²) in [6, 6.07) is 7.07. The van der Waals surface area contributed by atoms with Gasteiger partial charge in [0, 0.05) is 18.6 Å². The van der Waals surface area contributed by atoms with E-state index in [1.165, 1.54) is 0 Å². The highest BCUT2D eigenvalue weighted by Crippen LogP contribution is 2.15. The monoisotopic (exact) mass is 324 g/mol. The maximum Gasteiger partial charge on any atom is 0.146 e. The van der Waals surface area contributed by atoms with Gasteiger partial charge in [-0.25, -0.2) is 0 Å². The summed E-state index contributed by atoms with van der Waals surface area (Å²) in [4.78, 5) is 1.99. The van der Waals surface area contributed by atoms with E-state index in [2.05, 4.69) is 10.2 Å². The summed E-state index contributed by atoms with van der Waals surface area (Å²) < 4.78 is 7.47. The highest BCUT2D eigenvalue weighted by atomic mass is 35.5. The number of rotatable bonds is 7. The van der Waals surface area contributed by atoms with Crippen molar-refractivity contribution in [3.8, 4) is 5.75 Å². The first-order valence-corrected chi connectivity index (χ1v) is 7.43. The van der Waals surface area contributed by atoms with E-state index in [4.69, 9.17) is 16.3 Å². The summed E-state index contributed by atoms with van der Waals surface area (Å²) in [5.74, 6) is 2.43. The molecule has 0 amide bonds. The van der Waals surface area contributed by atoms with Crippen molar-refractivity contribution in [2.75, 3.05) is 20.2 Å². The molecule has 0 aliphatic heterocycles. The Kier molecular flexibility index (Phi) is 5.76. The van der Waals surface area contributed by atoms with Crippen LogP contribution in [0, 0.1) is 6.92 Å². The molecule has 2 rings (SSSR count). The summed E-state index contributed by atoms with van der Waals surface area (Å²) >= 11 is 5.81. The fourth-order valence-electron chi connectivity index (χ4n) is 2.03. The minimum atomic E-state index is -0.588. The molecule has 1 heterocycles. The number of aromatic nitrogens is 3. The number of halogens is 1. The largest absolute Gasteiger partial charge is 0.491 e. The molecule has 7 heteroatoms. The van der Waals surface area contributed by atoms with Crippen molar-refractivity contribution < 1.29 is 9.84 Å². The molecule has 0 saturated carbocycles. The normalized spacial score (nSPS) is 12.6. The van der Waals surface area contributed by atoms with Crippen LogP contribution in [0.1, 0.15) is 11.6 Å². The van der Waals surface area contributed by atoms with Crippen LogP contribution in [0.15, 0.2) is 24.3 Å². The van der Waals surface area contributed by atoms with E-state index in [1.807, 2.05) is 30.5 Å². The lowest BCUT2D eigenvalue weighted by atomic mass is 10.3. The molecule has 0 fully saturated rings. The second-order valence-electron chi connectivity index (χ2n) is 5.34. The minimum absolute atomic E-state index is 0.226. The van der Waals surface area contributed by atoms with Gasteiger partial charge >= 0.3 is 0 Å². The van der Waals surface area contributed by atoms with Crippen molar-refractivity contribution in [2.24, 2.45) is 7.05 Å². The van der Waals surface area contributed by atoms with Gasteiger partial charge in [-0.2, -0.15) is 0 Å². The Labute approximate surface area is 135 Å². The van der Waals surface area contributed by atoms with E-state index in [0.717, 1.165) is 11.6 Å². The number of hydrogen-bond donors (Lipinski definition) is 1. The van der Waals surface area contributed by atoms with Crippen LogP contribution in [0.2, 0.25) is 5.02 Å². The Morgan fingerprint density at radius 1 is 1.32 bits per heavy atom. The predicted molar refractivity (Wildman–Crippen MR) is 85.0 cm³/mol. The van der Waals surface area contributed by atoms with Crippen LogP contribution in [0.25, 0.3) is 0 Å². The van der Waals surface area contributed by atoms with Crippen molar-refractivity contribution in [3.05, 3.63) is 40.9 Å². The maximum atomic E-state index is 10.1. The lowest BCUT2D eigenvalue weighted by Crippen LogP contribution is -2.33. The average molecular weight is 325 g/mol. The highest BCUT2D eigenvalue weighted by Gasteiger charge is 2.13. The summed E-state index contributed by atoms with van der Waals surface area (Å²) in [6.45, 7) is 3.24. The molecule has 0 aliphatic carbocycles. The molecule has 6 nitrogen and oxygen atoms in total. The number of aryl methyl sites for hydroxylation is 1. The van der Waals surface area contributed by atoms with Gasteiger partial charge in [-0.3, -0.25) is 4.90 Å². The van der Waals surface area contributed by atoms with Crippen LogP contribution < -0.4 is 4.74 Å². The zero-order valence-corrected chi connectivity index (χ0v) is 13.8. The van der Waals surface area contributed by atoms with Gasteiger partial charge in [0.1, 0.15) is 30.1 Å². The lowest BCUT2D eigenvalue weighted by molar-refractivity contribution is 0.0734. The van der Waals surface area contributed by atoms with Crippen LogP contribution in [0.4, 0.5) is 0 Å². The number of hydrogen-bond acceptors (Lipinski definition) is 5.